The predicted octanol–water partition coefficient (Wildman–Crippen LogP) is 9.78. The minimum atomic E-state index is -4.63. The molecule has 0 bridgehead atoms. The van der Waals surface area contributed by atoms with E-state index in [1.165, 1.54) is 12.1 Å². The first-order valence-electron chi connectivity index (χ1n) is 15.7. The van der Waals surface area contributed by atoms with Crippen LogP contribution in [0.15, 0.2) is 18.2 Å². The molecule has 3 atom stereocenters. The van der Waals surface area contributed by atoms with Crippen LogP contribution in [-0.4, -0.2) is 46.0 Å². The minimum Gasteiger partial charge on any atom is -0.380 e. The summed E-state index contributed by atoms with van der Waals surface area (Å²) in [4.78, 5) is 5.38. The van der Waals surface area contributed by atoms with E-state index in [9.17, 15) is 18.4 Å². The van der Waals surface area contributed by atoms with Gasteiger partial charge in [0.25, 0.3) is 0 Å². The summed E-state index contributed by atoms with van der Waals surface area (Å²) in [5, 5.41) is 9.79. The van der Waals surface area contributed by atoms with Gasteiger partial charge in [-0.15, -0.1) is 10.3 Å². The van der Waals surface area contributed by atoms with Crippen LogP contribution in [0, 0.1) is 16.7 Å². The molecule has 0 radical (unpaired) electrons. The van der Waals surface area contributed by atoms with Crippen LogP contribution in [0.5, 0.6) is 0 Å². The third-order valence-corrected chi connectivity index (χ3v) is 13.5. The summed E-state index contributed by atoms with van der Waals surface area (Å²) >= 11 is 2.30. The highest BCUT2D eigenvalue weighted by atomic mass is 127. The second-order valence-electron chi connectivity index (χ2n) is 14.8. The lowest BCUT2D eigenvalue weighted by Gasteiger charge is -2.49. The van der Waals surface area contributed by atoms with Crippen LogP contribution >= 0.6 is 32.9 Å². The van der Waals surface area contributed by atoms with Gasteiger partial charge in [0, 0.05) is 33.9 Å². The zero-order valence-electron chi connectivity index (χ0n) is 28.0. The van der Waals surface area contributed by atoms with Crippen molar-refractivity contribution in [3.8, 4) is 6.07 Å². The van der Waals surface area contributed by atoms with E-state index in [1.807, 2.05) is 0 Å². The maximum atomic E-state index is 13.8. The van der Waals surface area contributed by atoms with Gasteiger partial charge < -0.3 is 13.7 Å². The van der Waals surface area contributed by atoms with Gasteiger partial charge in [0.2, 0.25) is 0 Å². The molecule has 0 saturated carbocycles. The van der Waals surface area contributed by atoms with Gasteiger partial charge in [0.05, 0.1) is 40.4 Å². The van der Waals surface area contributed by atoms with E-state index in [1.54, 1.807) is 6.07 Å². The van der Waals surface area contributed by atoms with Crippen LogP contribution in [0.1, 0.15) is 124 Å². The SMILES string of the molecule is CC(C)c1nc2c(c3c1C(c1ccc(C(F)(F)F)c(C#N)c1)OCC(I)COCCC3)C(OS(C)(C)C(C)(C)C)CC(C)(C)C2. The Morgan fingerprint density at radius 3 is 2.42 bits per heavy atom. The van der Waals surface area contributed by atoms with Gasteiger partial charge in [0.1, 0.15) is 6.10 Å². The van der Waals surface area contributed by atoms with E-state index in [0.717, 1.165) is 53.4 Å². The van der Waals surface area contributed by atoms with Gasteiger partial charge in [-0.05, 0) is 72.8 Å². The van der Waals surface area contributed by atoms with E-state index >= 15 is 0 Å². The van der Waals surface area contributed by atoms with Crippen molar-refractivity contribution in [1.82, 2.24) is 4.98 Å². The number of nitrogens with zero attached hydrogens (tertiary/aromatic N) is 2. The Morgan fingerprint density at radius 1 is 1.13 bits per heavy atom. The van der Waals surface area contributed by atoms with Gasteiger partial charge in [-0.1, -0.05) is 77.1 Å². The van der Waals surface area contributed by atoms with Crippen LogP contribution < -0.4 is 0 Å². The minimum absolute atomic E-state index is 0.0258. The van der Waals surface area contributed by atoms with Crippen LogP contribution in [-0.2, 0) is 32.7 Å². The highest BCUT2D eigenvalue weighted by Gasteiger charge is 2.42. The fourth-order valence-corrected chi connectivity index (χ4v) is 7.62. The molecule has 0 amide bonds. The van der Waals surface area contributed by atoms with Crippen LogP contribution in [0.25, 0.3) is 0 Å². The number of fused-ring (bicyclic) bond motifs is 3. The molecule has 2 heterocycles. The molecule has 2 aromatic rings. The van der Waals surface area contributed by atoms with E-state index in [-0.39, 0.29) is 26.1 Å². The summed E-state index contributed by atoms with van der Waals surface area (Å²) in [5.74, 6) is 0.0258. The van der Waals surface area contributed by atoms with Crippen molar-refractivity contribution in [3.05, 3.63) is 63.0 Å². The molecule has 1 aliphatic heterocycles. The van der Waals surface area contributed by atoms with E-state index in [2.05, 4.69) is 83.6 Å². The number of nitriles is 1. The smallest absolute Gasteiger partial charge is 0.380 e. The zero-order valence-corrected chi connectivity index (χ0v) is 31.0. The number of alkyl halides is 4. The molecule has 5 nitrogen and oxygen atoms in total. The average Bonchev–Trinajstić information content (AvgIpc) is 2.94. The summed E-state index contributed by atoms with van der Waals surface area (Å²) in [7, 11) is -1.51. The molecule has 0 spiro atoms. The van der Waals surface area contributed by atoms with Crippen LogP contribution in [0.3, 0.4) is 0 Å². The number of ether oxygens (including phenoxy) is 2. The Morgan fingerprint density at radius 2 is 1.82 bits per heavy atom. The quantitative estimate of drug-likeness (QED) is 0.230. The predicted molar refractivity (Wildman–Crippen MR) is 184 cm³/mol. The summed E-state index contributed by atoms with van der Waals surface area (Å²) in [6, 6.07) is 5.61. The largest absolute Gasteiger partial charge is 0.417 e. The number of rotatable bonds is 4. The summed E-state index contributed by atoms with van der Waals surface area (Å²) in [6.45, 7) is 16.8. The monoisotopic (exact) mass is 760 g/mol. The standard InChI is InChI=1S/C35H48F3IN2O3S/c1-21(2)31-30-25(29-27(41-31)16-34(6,7)17-28(29)44-45(8,9)33(3,4)5)11-10-14-42-19-24(39)20-43-32(30)22-12-13-26(35(36,37)38)23(15-22)18-40/h12-13,15,21,24,28,32H,10-11,14,16-17,19-20H2,1-9H3. The van der Waals surface area contributed by atoms with Crippen molar-refractivity contribution in [3.63, 3.8) is 0 Å². The molecule has 2 aliphatic rings. The van der Waals surface area contributed by atoms with Crippen LogP contribution in [0.2, 0.25) is 0 Å². The first-order chi connectivity index (χ1) is 20.8. The third-order valence-electron chi connectivity index (χ3n) is 9.07. The maximum absolute atomic E-state index is 13.8. The number of hydrogen-bond donors (Lipinski definition) is 0. The number of aromatic nitrogens is 1. The molecule has 1 aromatic carbocycles. The Hall–Kier alpha value is -1.39. The molecule has 0 N–H and O–H groups in total. The highest BCUT2D eigenvalue weighted by molar-refractivity contribution is 14.1. The van der Waals surface area contributed by atoms with Gasteiger partial charge >= 0.3 is 6.18 Å². The van der Waals surface area contributed by atoms with Crippen molar-refractivity contribution >= 4 is 32.9 Å². The normalized spacial score (nSPS) is 23.4. The first kappa shape index (κ1) is 36.4. The molecule has 0 saturated heterocycles. The van der Waals surface area contributed by atoms with E-state index in [0.29, 0.717) is 31.8 Å². The lowest BCUT2D eigenvalue weighted by molar-refractivity contribution is -0.137. The molecule has 250 valence electrons. The number of benzene rings is 1. The van der Waals surface area contributed by atoms with Gasteiger partial charge in [-0.2, -0.15) is 18.4 Å². The van der Waals surface area contributed by atoms with Crippen molar-refractivity contribution in [1.29, 1.82) is 5.26 Å². The highest BCUT2D eigenvalue weighted by Crippen LogP contribution is 2.60. The zero-order chi connectivity index (χ0) is 33.5. The lowest BCUT2D eigenvalue weighted by atomic mass is 9.72. The van der Waals surface area contributed by atoms with E-state index < -0.39 is 33.7 Å². The van der Waals surface area contributed by atoms with E-state index in [4.69, 9.17) is 18.6 Å². The van der Waals surface area contributed by atoms with Gasteiger partial charge in [0.15, 0.2) is 0 Å². The fraction of sp³-hybridized carbons (Fsp3) is 0.657. The first-order valence-corrected chi connectivity index (χ1v) is 19.3. The third kappa shape index (κ3) is 8.19. The molecule has 45 heavy (non-hydrogen) atoms. The second kappa shape index (κ2) is 13.6. The molecular weight excluding hydrogens is 712 g/mol. The lowest BCUT2D eigenvalue weighted by Crippen LogP contribution is -2.34. The Labute approximate surface area is 282 Å². The van der Waals surface area contributed by atoms with Crippen LogP contribution in [0.4, 0.5) is 13.2 Å². The summed E-state index contributed by atoms with van der Waals surface area (Å²) < 4.78 is 61.4. The molecular formula is C35H48F3IN2O3S. The van der Waals surface area contributed by atoms with Crippen molar-refractivity contribution in [2.75, 3.05) is 32.3 Å². The number of halogens is 4. The molecule has 3 unspecified atom stereocenters. The van der Waals surface area contributed by atoms with Gasteiger partial charge in [-0.3, -0.25) is 4.98 Å². The van der Waals surface area contributed by atoms with Crippen molar-refractivity contribution in [2.45, 2.75) is 107 Å². The molecule has 0 fully saturated rings. The number of pyridine rings is 1. The summed E-state index contributed by atoms with van der Waals surface area (Å²) in [6.07, 6.45) is 2.01. The molecule has 1 aromatic heterocycles. The van der Waals surface area contributed by atoms with Crippen molar-refractivity contribution < 1.29 is 26.8 Å². The second-order valence-corrected chi connectivity index (χ2v) is 20.4. The maximum Gasteiger partial charge on any atom is 0.417 e. The topological polar surface area (TPSA) is 64.4 Å². The summed E-state index contributed by atoms with van der Waals surface area (Å²) in [5.41, 5.74) is 4.15. The number of hydrogen-bond acceptors (Lipinski definition) is 5. The molecule has 4 rings (SSSR count). The Balaban J connectivity index is 2.04. The van der Waals surface area contributed by atoms with Crippen molar-refractivity contribution in [2.24, 2.45) is 5.41 Å². The Kier molecular flexibility index (Phi) is 11.0. The molecule has 1 aliphatic carbocycles. The Bertz CT molecular complexity index is 1430. The fourth-order valence-electron chi connectivity index (χ4n) is 6.12. The molecule has 10 heteroatoms. The average molecular weight is 761 g/mol. The van der Waals surface area contributed by atoms with Gasteiger partial charge in [-0.25, -0.2) is 0 Å².